The topological polar surface area (TPSA) is 62.6 Å². The molecule has 2 aromatic rings. The first-order chi connectivity index (χ1) is 14.8. The Bertz CT molecular complexity index is 954. The number of ketones is 1. The van der Waals surface area contributed by atoms with E-state index in [2.05, 4.69) is 37.1 Å². The molecule has 0 saturated carbocycles. The lowest BCUT2D eigenvalue weighted by atomic mass is 9.90. The van der Waals surface area contributed by atoms with E-state index in [0.29, 0.717) is 48.9 Å². The highest BCUT2D eigenvalue weighted by atomic mass is 16.3. The lowest BCUT2D eigenvalue weighted by Gasteiger charge is -2.38. The van der Waals surface area contributed by atoms with Crippen molar-refractivity contribution in [3.8, 4) is 0 Å². The highest BCUT2D eigenvalue weighted by molar-refractivity contribution is 6.05. The molecule has 3 atom stereocenters. The van der Waals surface area contributed by atoms with Gasteiger partial charge in [-0.1, -0.05) is 51.1 Å². The fourth-order valence-corrected chi connectivity index (χ4v) is 5.11. The van der Waals surface area contributed by atoms with Gasteiger partial charge in [-0.3, -0.25) is 14.5 Å². The Morgan fingerprint density at radius 1 is 1.16 bits per heavy atom. The number of carbonyl (C=O) groups is 2. The molecule has 5 heteroatoms. The maximum atomic E-state index is 12.7. The Morgan fingerprint density at radius 2 is 1.87 bits per heavy atom. The molecule has 0 radical (unpaired) electrons. The number of piperidine rings is 1. The summed E-state index contributed by atoms with van der Waals surface area (Å²) in [6.07, 6.45) is 10.6. The molecule has 5 nitrogen and oxygen atoms in total. The van der Waals surface area contributed by atoms with Gasteiger partial charge in [-0.05, 0) is 43.1 Å². The summed E-state index contributed by atoms with van der Waals surface area (Å²) in [4.78, 5) is 27.6. The van der Waals surface area contributed by atoms with Gasteiger partial charge in [0.1, 0.15) is 11.8 Å². The van der Waals surface area contributed by atoms with Gasteiger partial charge in [-0.2, -0.15) is 0 Å². The first kappa shape index (κ1) is 21.8. The van der Waals surface area contributed by atoms with Crippen LogP contribution in [0.4, 0.5) is 0 Å². The number of Topliss-reactive ketones (excluding diaryl/α,β-unsaturated/α-hetero) is 1. The maximum Gasteiger partial charge on any atom is 0.255 e. The van der Waals surface area contributed by atoms with Crippen LogP contribution in [0.1, 0.15) is 63.2 Å². The van der Waals surface area contributed by atoms with Crippen LogP contribution in [0, 0.1) is 11.3 Å². The molecule has 4 rings (SSSR count). The number of hydrogen-bond acceptors (Lipinski definition) is 4. The molecule has 2 bridgehead atoms. The predicted molar refractivity (Wildman–Crippen MR) is 123 cm³/mol. The maximum absolute atomic E-state index is 12.7. The fourth-order valence-electron chi connectivity index (χ4n) is 5.11. The molecule has 0 spiro atoms. The summed E-state index contributed by atoms with van der Waals surface area (Å²) in [5.41, 5.74) is 1.45. The van der Waals surface area contributed by atoms with Gasteiger partial charge in [0.2, 0.25) is 0 Å². The minimum Gasteiger partial charge on any atom is -0.463 e. The van der Waals surface area contributed by atoms with E-state index in [1.165, 1.54) is 0 Å². The number of hydrogen-bond donors (Lipinski definition) is 1. The van der Waals surface area contributed by atoms with Gasteiger partial charge < -0.3 is 9.73 Å². The van der Waals surface area contributed by atoms with Gasteiger partial charge in [0.05, 0.1) is 12.1 Å². The number of nitrogens with one attached hydrogen (secondary N) is 1. The van der Waals surface area contributed by atoms with Crippen molar-refractivity contribution < 1.29 is 14.0 Å². The Labute approximate surface area is 184 Å². The zero-order chi connectivity index (χ0) is 22.0. The summed E-state index contributed by atoms with van der Waals surface area (Å²) in [6.45, 7) is 7.68. The van der Waals surface area contributed by atoms with Gasteiger partial charge in [0.25, 0.3) is 5.91 Å². The highest BCUT2D eigenvalue weighted by Gasteiger charge is 2.41. The summed E-state index contributed by atoms with van der Waals surface area (Å²) < 4.78 is 5.50. The van der Waals surface area contributed by atoms with Gasteiger partial charge in [0, 0.05) is 30.4 Å². The lowest BCUT2D eigenvalue weighted by molar-refractivity contribution is -0.120. The number of furan rings is 1. The Kier molecular flexibility index (Phi) is 6.33. The number of carbonyl (C=O) groups excluding carboxylic acids is 2. The van der Waals surface area contributed by atoms with E-state index in [9.17, 15) is 9.59 Å². The van der Waals surface area contributed by atoms with E-state index >= 15 is 0 Å². The minimum atomic E-state index is -0.0689. The molecule has 0 unspecified atom stereocenters. The number of allylic oxidation sites excluding steroid dienone is 2. The number of rotatable bonds is 7. The first-order valence-corrected chi connectivity index (χ1v) is 11.5. The van der Waals surface area contributed by atoms with E-state index in [0.717, 1.165) is 36.7 Å². The summed E-state index contributed by atoms with van der Waals surface area (Å²) in [5.74, 6) is 0.697. The largest absolute Gasteiger partial charge is 0.463 e. The zero-order valence-electron chi connectivity index (χ0n) is 18.9. The van der Waals surface area contributed by atoms with Crippen molar-refractivity contribution in [2.45, 2.75) is 65.0 Å². The number of benzene rings is 1. The van der Waals surface area contributed by atoms with Crippen molar-refractivity contribution >= 4 is 22.7 Å². The molecule has 1 aromatic carbocycles. The van der Waals surface area contributed by atoms with Crippen molar-refractivity contribution in [3.05, 3.63) is 48.2 Å². The average molecular weight is 423 g/mol. The molecule has 2 aliphatic rings. The third-order valence-electron chi connectivity index (χ3n) is 6.58. The fraction of sp³-hybridized carbons (Fsp3) is 0.538. The molecular weight excluding hydrogens is 388 g/mol. The highest BCUT2D eigenvalue weighted by Crippen LogP contribution is 2.38. The summed E-state index contributed by atoms with van der Waals surface area (Å²) in [7, 11) is 0. The van der Waals surface area contributed by atoms with Gasteiger partial charge in [-0.25, -0.2) is 0 Å². The molecule has 31 heavy (non-hydrogen) atoms. The van der Waals surface area contributed by atoms with Crippen LogP contribution in [0.2, 0.25) is 0 Å². The van der Waals surface area contributed by atoms with Crippen molar-refractivity contribution in [3.63, 3.8) is 0 Å². The van der Waals surface area contributed by atoms with E-state index < -0.39 is 0 Å². The van der Waals surface area contributed by atoms with Crippen LogP contribution < -0.4 is 5.32 Å². The predicted octanol–water partition coefficient (Wildman–Crippen LogP) is 4.97. The van der Waals surface area contributed by atoms with E-state index in [-0.39, 0.29) is 11.3 Å². The third-order valence-corrected chi connectivity index (χ3v) is 6.58. The van der Waals surface area contributed by atoms with Crippen LogP contribution in [-0.2, 0) is 4.79 Å². The number of amides is 1. The molecule has 1 aromatic heterocycles. The van der Waals surface area contributed by atoms with E-state index in [1.807, 2.05) is 30.3 Å². The monoisotopic (exact) mass is 422 g/mol. The van der Waals surface area contributed by atoms with Crippen LogP contribution in [0.3, 0.4) is 0 Å². The second-order valence-corrected chi connectivity index (χ2v) is 10.3. The summed E-state index contributed by atoms with van der Waals surface area (Å²) in [6, 6.07) is 8.54. The van der Waals surface area contributed by atoms with Crippen molar-refractivity contribution in [1.82, 2.24) is 10.2 Å². The smallest absolute Gasteiger partial charge is 0.255 e. The lowest BCUT2D eigenvalue weighted by Crippen LogP contribution is -2.47. The molecule has 2 fully saturated rings. The van der Waals surface area contributed by atoms with Crippen LogP contribution in [-0.4, -0.2) is 41.8 Å². The number of nitrogens with zero attached hydrogens (tertiary/aromatic N) is 1. The standard InChI is InChI=1S/C26H34N2O3/c1-26(2,3)12-6-7-21(29)16-28-19-10-11-20(28)14-18(13-19)15-27-25(30)23-17-31-24-9-5-4-8-22(23)24/h4-6,8-9,12,17-20H,7,10-11,13-16H2,1-3H3,(H,27,30)/b12-6+/t18-,19+,20-. The molecule has 3 heterocycles. The Hall–Kier alpha value is -2.40. The molecule has 2 saturated heterocycles. The minimum absolute atomic E-state index is 0.0689. The van der Waals surface area contributed by atoms with Gasteiger partial charge in [0.15, 0.2) is 5.78 Å². The van der Waals surface area contributed by atoms with Crippen molar-refractivity contribution in [1.29, 1.82) is 0 Å². The molecule has 0 aliphatic carbocycles. The van der Waals surface area contributed by atoms with Crippen LogP contribution >= 0.6 is 0 Å². The molecule has 1 amide bonds. The average Bonchev–Trinajstić information content (AvgIpc) is 3.23. The van der Waals surface area contributed by atoms with Gasteiger partial charge >= 0.3 is 0 Å². The van der Waals surface area contributed by atoms with E-state index in [4.69, 9.17) is 4.42 Å². The van der Waals surface area contributed by atoms with Crippen LogP contribution in [0.25, 0.3) is 11.0 Å². The van der Waals surface area contributed by atoms with Crippen molar-refractivity contribution in [2.24, 2.45) is 11.3 Å². The van der Waals surface area contributed by atoms with E-state index in [1.54, 1.807) is 6.26 Å². The first-order valence-electron chi connectivity index (χ1n) is 11.5. The Morgan fingerprint density at radius 3 is 2.58 bits per heavy atom. The SMILES string of the molecule is CC(C)(C)/C=C/CC(=O)CN1[C@@H]2CC[C@H]1C[C@@H](CNC(=O)c1coc3ccccc13)C2. The van der Waals surface area contributed by atoms with Crippen LogP contribution in [0.5, 0.6) is 0 Å². The number of para-hydroxylation sites is 1. The Balaban J connectivity index is 1.28. The second-order valence-electron chi connectivity index (χ2n) is 10.3. The van der Waals surface area contributed by atoms with Crippen LogP contribution in [0.15, 0.2) is 47.1 Å². The van der Waals surface area contributed by atoms with Gasteiger partial charge in [-0.15, -0.1) is 0 Å². The normalized spacial score (nSPS) is 24.2. The number of fused-ring (bicyclic) bond motifs is 3. The quantitative estimate of drug-likeness (QED) is 0.640. The molecular formula is C26H34N2O3. The molecule has 166 valence electrons. The molecule has 1 N–H and O–H groups in total. The third kappa shape index (κ3) is 5.27. The zero-order valence-corrected chi connectivity index (χ0v) is 18.9. The summed E-state index contributed by atoms with van der Waals surface area (Å²) >= 11 is 0. The van der Waals surface area contributed by atoms with Crippen molar-refractivity contribution in [2.75, 3.05) is 13.1 Å². The second kappa shape index (κ2) is 8.99. The summed E-state index contributed by atoms with van der Waals surface area (Å²) in [5, 5.41) is 3.98. The molecule has 2 aliphatic heterocycles.